The van der Waals surface area contributed by atoms with Crippen molar-refractivity contribution in [2.45, 2.75) is 53.5 Å². The molecule has 0 saturated heterocycles. The van der Waals surface area contributed by atoms with E-state index >= 15 is 0 Å². The van der Waals surface area contributed by atoms with E-state index in [1.165, 1.54) is 5.57 Å². The Labute approximate surface area is 183 Å². The van der Waals surface area contributed by atoms with Crippen LogP contribution in [0.3, 0.4) is 0 Å². The number of hydrogen-bond donors (Lipinski definition) is 1. The Hall–Kier alpha value is -1.66. The van der Waals surface area contributed by atoms with Gasteiger partial charge in [-0.25, -0.2) is 13.1 Å². The van der Waals surface area contributed by atoms with Gasteiger partial charge in [0.15, 0.2) is 0 Å². The first kappa shape index (κ1) is 24.6. The molecule has 30 heavy (non-hydrogen) atoms. The van der Waals surface area contributed by atoms with Crippen LogP contribution in [0.4, 0.5) is 0 Å². The van der Waals surface area contributed by atoms with E-state index in [1.807, 2.05) is 44.3 Å². The van der Waals surface area contributed by atoms with Crippen LogP contribution in [0, 0.1) is 23.7 Å². The summed E-state index contributed by atoms with van der Waals surface area (Å²) in [7, 11) is -1.35. The molecule has 1 aromatic rings. The minimum atomic E-state index is -3.21. The first-order valence-corrected chi connectivity index (χ1v) is 12.7. The second-order valence-electron chi connectivity index (χ2n) is 9.02. The number of rotatable bonds is 10. The van der Waals surface area contributed by atoms with Gasteiger partial charge in [0.05, 0.1) is 5.75 Å². The van der Waals surface area contributed by atoms with Crippen molar-refractivity contribution in [3.05, 3.63) is 47.5 Å². The Bertz CT molecular complexity index is 818. The normalized spacial score (nSPS) is 22.1. The van der Waals surface area contributed by atoms with Crippen molar-refractivity contribution in [2.24, 2.45) is 23.7 Å². The van der Waals surface area contributed by atoms with E-state index in [-0.39, 0.29) is 23.5 Å². The Morgan fingerprint density at radius 3 is 2.50 bits per heavy atom. The number of carbonyl (C=O) groups is 1. The summed E-state index contributed by atoms with van der Waals surface area (Å²) in [6.07, 6.45) is 4.25. The van der Waals surface area contributed by atoms with Gasteiger partial charge in [0, 0.05) is 26.6 Å². The highest BCUT2D eigenvalue weighted by molar-refractivity contribution is 7.89. The molecule has 1 amide bonds. The van der Waals surface area contributed by atoms with Crippen molar-refractivity contribution < 1.29 is 13.2 Å². The van der Waals surface area contributed by atoms with Crippen LogP contribution in [0.25, 0.3) is 0 Å². The third-order valence-electron chi connectivity index (χ3n) is 6.20. The minimum Gasteiger partial charge on any atom is -0.341 e. The van der Waals surface area contributed by atoms with Gasteiger partial charge < -0.3 is 4.90 Å². The van der Waals surface area contributed by atoms with Crippen molar-refractivity contribution in [2.75, 3.05) is 19.3 Å². The van der Waals surface area contributed by atoms with Gasteiger partial charge in [-0.3, -0.25) is 4.79 Å². The van der Waals surface area contributed by atoms with Crippen molar-refractivity contribution in [3.8, 4) is 0 Å². The summed E-state index contributed by atoms with van der Waals surface area (Å²) in [5.74, 6) is 1.49. The molecule has 0 fully saturated rings. The fourth-order valence-corrected chi connectivity index (χ4v) is 5.51. The van der Waals surface area contributed by atoms with Gasteiger partial charge in [-0.2, -0.15) is 0 Å². The van der Waals surface area contributed by atoms with Crippen LogP contribution in [0.1, 0.15) is 52.5 Å². The van der Waals surface area contributed by atoms with Gasteiger partial charge in [-0.05, 0) is 49.0 Å². The number of sulfonamides is 1. The number of amides is 1. The molecule has 1 aromatic carbocycles. The average molecular weight is 435 g/mol. The molecule has 0 radical (unpaired) electrons. The maximum Gasteiger partial charge on any atom is 0.223 e. The van der Waals surface area contributed by atoms with E-state index in [0.29, 0.717) is 37.8 Å². The molecule has 0 aliphatic heterocycles. The van der Waals surface area contributed by atoms with Gasteiger partial charge in [-0.1, -0.05) is 62.8 Å². The lowest BCUT2D eigenvalue weighted by Crippen LogP contribution is -2.38. The maximum atomic E-state index is 12.9. The van der Waals surface area contributed by atoms with Gasteiger partial charge in [0.25, 0.3) is 0 Å². The van der Waals surface area contributed by atoms with Gasteiger partial charge in [0.2, 0.25) is 15.9 Å². The first-order chi connectivity index (χ1) is 14.1. The summed E-state index contributed by atoms with van der Waals surface area (Å²) in [5.41, 5.74) is 2.33. The monoisotopic (exact) mass is 434 g/mol. The highest BCUT2D eigenvalue weighted by Crippen LogP contribution is 2.39. The molecular weight excluding hydrogens is 396 g/mol. The fraction of sp³-hybridized carbons (Fsp3) is 0.625. The highest BCUT2D eigenvalue weighted by Gasteiger charge is 2.33. The summed E-state index contributed by atoms with van der Waals surface area (Å²) in [6, 6.07) is 10.0. The third-order valence-corrected chi connectivity index (χ3v) is 7.76. The molecule has 1 N–H and O–H groups in total. The van der Waals surface area contributed by atoms with Gasteiger partial charge in [0.1, 0.15) is 0 Å². The minimum absolute atomic E-state index is 0.154. The number of carbonyl (C=O) groups excluding carboxylic acids is 1. The molecule has 5 nitrogen and oxygen atoms in total. The predicted molar refractivity (Wildman–Crippen MR) is 123 cm³/mol. The molecule has 6 heteroatoms. The first-order valence-electron chi connectivity index (χ1n) is 11.1. The standard InChI is InChI=1S/C24H38N2O3S/c1-6-12-30(28,29)25-16-22-13-19(4)21(14-23(22)18(2)3)15-24(27)26(5)17-20-10-8-7-9-11-20/h7-11,13,18,21-23,25H,6,12,14-17H2,1-5H3/t21-,22+,23-/m0/s1. The Morgan fingerprint density at radius 1 is 1.23 bits per heavy atom. The second-order valence-corrected chi connectivity index (χ2v) is 10.9. The van der Waals surface area contributed by atoms with E-state index in [1.54, 1.807) is 4.90 Å². The summed E-state index contributed by atoms with van der Waals surface area (Å²) < 4.78 is 27.0. The molecule has 0 aromatic heterocycles. The Morgan fingerprint density at radius 2 is 1.90 bits per heavy atom. The van der Waals surface area contributed by atoms with Crippen molar-refractivity contribution in [1.29, 1.82) is 0 Å². The summed E-state index contributed by atoms with van der Waals surface area (Å²) in [6.45, 7) is 9.39. The van der Waals surface area contributed by atoms with Crippen molar-refractivity contribution in [1.82, 2.24) is 9.62 Å². The summed E-state index contributed by atoms with van der Waals surface area (Å²) in [4.78, 5) is 14.7. The number of hydrogen-bond acceptors (Lipinski definition) is 3. The van der Waals surface area contributed by atoms with Gasteiger partial charge >= 0.3 is 0 Å². The number of nitrogens with zero attached hydrogens (tertiary/aromatic N) is 1. The number of nitrogens with one attached hydrogen (secondary N) is 1. The molecule has 168 valence electrons. The molecule has 2 rings (SSSR count). The Balaban J connectivity index is 2.03. The molecule has 0 spiro atoms. The molecule has 1 aliphatic carbocycles. The van der Waals surface area contributed by atoms with Crippen LogP contribution >= 0.6 is 0 Å². The molecular formula is C24H38N2O3S. The molecule has 0 heterocycles. The number of benzene rings is 1. The van der Waals surface area contributed by atoms with Crippen LogP contribution in [0.5, 0.6) is 0 Å². The van der Waals surface area contributed by atoms with E-state index < -0.39 is 10.0 Å². The zero-order valence-electron chi connectivity index (χ0n) is 19.1. The van der Waals surface area contributed by atoms with Crippen LogP contribution < -0.4 is 4.72 Å². The summed E-state index contributed by atoms with van der Waals surface area (Å²) >= 11 is 0. The highest BCUT2D eigenvalue weighted by atomic mass is 32.2. The predicted octanol–water partition coefficient (Wildman–Crippen LogP) is 4.22. The van der Waals surface area contributed by atoms with Crippen molar-refractivity contribution >= 4 is 15.9 Å². The van der Waals surface area contributed by atoms with Crippen LogP contribution in [0.15, 0.2) is 42.0 Å². The lowest BCUT2D eigenvalue weighted by Gasteiger charge is -2.37. The lowest BCUT2D eigenvalue weighted by molar-refractivity contribution is -0.131. The zero-order valence-corrected chi connectivity index (χ0v) is 19.9. The smallest absolute Gasteiger partial charge is 0.223 e. The maximum absolute atomic E-state index is 12.9. The molecule has 1 aliphatic rings. The third kappa shape index (κ3) is 7.24. The topological polar surface area (TPSA) is 66.5 Å². The fourth-order valence-electron chi connectivity index (χ4n) is 4.38. The SMILES string of the molecule is CCCS(=O)(=O)NC[C@H]1C=C(C)[C@H](CC(=O)N(C)Cc2ccccc2)C[C@H]1C(C)C. The van der Waals surface area contributed by atoms with E-state index in [9.17, 15) is 13.2 Å². The quantitative estimate of drug-likeness (QED) is 0.561. The van der Waals surface area contributed by atoms with Crippen LogP contribution in [0.2, 0.25) is 0 Å². The lowest BCUT2D eigenvalue weighted by atomic mass is 9.70. The zero-order chi connectivity index (χ0) is 22.3. The van der Waals surface area contributed by atoms with Crippen LogP contribution in [-0.2, 0) is 21.4 Å². The molecule has 0 saturated carbocycles. The average Bonchev–Trinajstić information content (AvgIpc) is 2.68. The largest absolute Gasteiger partial charge is 0.341 e. The van der Waals surface area contributed by atoms with Crippen molar-refractivity contribution in [3.63, 3.8) is 0 Å². The molecule has 3 atom stereocenters. The molecule has 0 unspecified atom stereocenters. The van der Waals surface area contributed by atoms with E-state index in [0.717, 1.165) is 12.0 Å². The van der Waals surface area contributed by atoms with E-state index in [4.69, 9.17) is 0 Å². The van der Waals surface area contributed by atoms with Crippen LogP contribution in [-0.4, -0.2) is 38.6 Å². The van der Waals surface area contributed by atoms with Gasteiger partial charge in [-0.15, -0.1) is 0 Å². The van der Waals surface area contributed by atoms with E-state index in [2.05, 4.69) is 31.6 Å². The summed E-state index contributed by atoms with van der Waals surface area (Å²) in [5, 5.41) is 0. The second kappa shape index (κ2) is 11.1. The number of allylic oxidation sites excluding steroid dienone is 1. The Kier molecular flexibility index (Phi) is 9.10. The molecule has 0 bridgehead atoms.